The zero-order valence-corrected chi connectivity index (χ0v) is 27.5. The highest BCUT2D eigenvalue weighted by Crippen LogP contribution is 2.50. The van der Waals surface area contributed by atoms with Crippen molar-refractivity contribution in [2.75, 3.05) is 20.2 Å². The first-order valence-electron chi connectivity index (χ1n) is 16.4. The maximum atomic E-state index is 12.6. The van der Waals surface area contributed by atoms with Crippen molar-refractivity contribution in [3.63, 3.8) is 0 Å². The Morgan fingerprint density at radius 2 is 1.79 bits per heavy atom. The molecule has 10 nitrogen and oxygen atoms in total. The number of benzene rings is 2. The number of unbranched alkanes of at least 4 members (excludes halogenated alkanes) is 1. The molecule has 6 N–H and O–H groups in total. The molecular weight excluding hydrogens is 622 g/mol. The maximum Gasteiger partial charge on any atom is 0.222 e. The number of carbonyl (C=O) groups excluding carboxylic acids is 1. The van der Waals surface area contributed by atoms with Crippen molar-refractivity contribution in [3.05, 3.63) is 82.6 Å². The molecule has 0 aliphatic heterocycles. The number of pyridine rings is 1. The molecule has 1 heterocycles. The molecule has 1 amide bonds. The van der Waals surface area contributed by atoms with Crippen LogP contribution in [0.1, 0.15) is 61.6 Å². The minimum absolute atomic E-state index is 0.192. The number of rotatable bonds is 18. The van der Waals surface area contributed by atoms with Gasteiger partial charge in [0.05, 0.1) is 12.7 Å². The monoisotopic (exact) mass is 667 g/mol. The van der Waals surface area contributed by atoms with Crippen LogP contribution < -0.4 is 10.1 Å². The highest BCUT2D eigenvalue weighted by Gasteiger charge is 2.46. The zero-order chi connectivity index (χ0) is 33.6. The topological polar surface area (TPSA) is 156 Å². The highest BCUT2D eigenvalue weighted by molar-refractivity contribution is 6.31. The van der Waals surface area contributed by atoms with E-state index in [1.54, 1.807) is 0 Å². The summed E-state index contributed by atoms with van der Waals surface area (Å²) in [4.78, 5) is 18.4. The molecule has 47 heavy (non-hydrogen) atoms. The Morgan fingerprint density at radius 3 is 2.51 bits per heavy atom. The van der Waals surface area contributed by atoms with Crippen LogP contribution in [0.4, 0.5) is 0 Å². The Kier molecular flexibility index (Phi) is 11.9. The number of aliphatic hydroxyl groups excluding tert-OH is 5. The van der Waals surface area contributed by atoms with Crippen LogP contribution in [0.5, 0.6) is 5.75 Å². The van der Waals surface area contributed by atoms with Gasteiger partial charge in [0, 0.05) is 55.1 Å². The summed E-state index contributed by atoms with van der Waals surface area (Å²) >= 11 is 6.64. The molecule has 254 valence electrons. The number of ether oxygens (including phenoxy) is 1. The summed E-state index contributed by atoms with van der Waals surface area (Å²) in [7, 11) is 1.51. The highest BCUT2D eigenvalue weighted by atomic mass is 35.5. The predicted octanol–water partition coefficient (Wildman–Crippen LogP) is 3.33. The van der Waals surface area contributed by atoms with E-state index in [9.17, 15) is 25.2 Å². The predicted molar refractivity (Wildman–Crippen MR) is 179 cm³/mol. The molecule has 3 aromatic rings. The van der Waals surface area contributed by atoms with Crippen LogP contribution in [0.25, 0.3) is 11.1 Å². The van der Waals surface area contributed by atoms with Crippen LogP contribution in [0.3, 0.4) is 0 Å². The van der Waals surface area contributed by atoms with E-state index in [2.05, 4.69) is 28.5 Å². The van der Waals surface area contributed by atoms with Gasteiger partial charge < -0.3 is 40.5 Å². The Balaban J connectivity index is 1.13. The number of para-hydroxylation sites is 1. The molecule has 0 spiro atoms. The SMILES string of the molecule is CN(CC(O)C(O)C(O)C(O)CO)C(=O)CCCCc1ccc(Cl)c(CNC2(c3cnccc3-c3ccccc3OC3CC3)CC2)c1. The molecule has 4 unspecified atom stereocenters. The molecule has 2 aromatic carbocycles. The normalized spacial score (nSPS) is 17.9. The molecule has 2 fully saturated rings. The second-order valence-corrected chi connectivity index (χ2v) is 13.3. The lowest BCUT2D eigenvalue weighted by atomic mass is 9.94. The number of aromatic nitrogens is 1. The van der Waals surface area contributed by atoms with E-state index in [1.165, 1.54) is 11.9 Å². The van der Waals surface area contributed by atoms with E-state index in [0.29, 0.717) is 24.1 Å². The molecule has 5 rings (SSSR count). The summed E-state index contributed by atoms with van der Waals surface area (Å²) in [6.07, 6.45) is 4.23. The number of likely N-dealkylation sites (N-methyl/N-ethyl adjacent to an activating group) is 1. The van der Waals surface area contributed by atoms with Gasteiger partial charge in [0.15, 0.2) is 0 Å². The molecule has 0 radical (unpaired) electrons. The molecule has 0 bridgehead atoms. The largest absolute Gasteiger partial charge is 0.490 e. The fourth-order valence-electron chi connectivity index (χ4n) is 5.87. The van der Waals surface area contributed by atoms with E-state index in [0.717, 1.165) is 72.1 Å². The van der Waals surface area contributed by atoms with Crippen molar-refractivity contribution in [3.8, 4) is 16.9 Å². The van der Waals surface area contributed by atoms with E-state index < -0.39 is 31.0 Å². The van der Waals surface area contributed by atoms with Crippen molar-refractivity contribution in [2.24, 2.45) is 0 Å². The molecule has 4 atom stereocenters. The quantitative estimate of drug-likeness (QED) is 0.112. The Labute approximate surface area is 281 Å². The number of nitrogens with one attached hydrogen (secondary N) is 1. The van der Waals surface area contributed by atoms with Crippen molar-refractivity contribution >= 4 is 17.5 Å². The fraction of sp³-hybridized carbons (Fsp3) is 0.500. The van der Waals surface area contributed by atoms with Gasteiger partial charge >= 0.3 is 0 Å². The third-order valence-corrected chi connectivity index (χ3v) is 9.50. The van der Waals surface area contributed by atoms with E-state index in [1.807, 2.05) is 42.7 Å². The van der Waals surface area contributed by atoms with Gasteiger partial charge in [-0.15, -0.1) is 0 Å². The Hall–Kier alpha value is -3.09. The lowest BCUT2D eigenvalue weighted by molar-refractivity contribution is -0.138. The summed E-state index contributed by atoms with van der Waals surface area (Å²) < 4.78 is 6.24. The average molecular weight is 668 g/mol. The molecule has 2 aliphatic carbocycles. The third-order valence-electron chi connectivity index (χ3n) is 9.13. The standard InChI is InChI=1S/C36H46ClN3O7/c1-40(21-30(42)34(45)35(46)31(43)22-41)33(44)9-5-2-6-23-10-13-29(37)24(18-23)19-39-36(15-16-36)28-20-38-17-14-26(28)27-7-3-4-8-32(27)47-25-11-12-25/h3-4,7-8,10,13-14,17-18,20,25,30-31,34-35,39,41-43,45-46H,2,5-6,9,11-12,15-16,19,21-22H2,1H3. The van der Waals surface area contributed by atoms with Crippen LogP contribution in [-0.4, -0.2) is 92.0 Å². The van der Waals surface area contributed by atoms with Crippen LogP contribution in [0.15, 0.2) is 60.9 Å². The second-order valence-electron chi connectivity index (χ2n) is 12.9. The maximum absolute atomic E-state index is 12.6. The van der Waals surface area contributed by atoms with Gasteiger partial charge in [-0.25, -0.2) is 0 Å². The minimum atomic E-state index is -1.73. The number of nitrogens with zero attached hydrogens (tertiary/aromatic N) is 2. The van der Waals surface area contributed by atoms with Crippen molar-refractivity contribution < 1.29 is 35.1 Å². The molecule has 2 aliphatic rings. The van der Waals surface area contributed by atoms with Crippen molar-refractivity contribution in [1.82, 2.24) is 15.2 Å². The van der Waals surface area contributed by atoms with Gasteiger partial charge in [-0.2, -0.15) is 0 Å². The summed E-state index contributed by atoms with van der Waals surface area (Å²) in [6, 6.07) is 16.3. The van der Waals surface area contributed by atoms with Gasteiger partial charge in [0.1, 0.15) is 30.2 Å². The van der Waals surface area contributed by atoms with Crippen LogP contribution in [0, 0.1) is 0 Å². The van der Waals surface area contributed by atoms with Gasteiger partial charge in [-0.3, -0.25) is 9.78 Å². The Morgan fingerprint density at radius 1 is 1.04 bits per heavy atom. The molecule has 11 heteroatoms. The van der Waals surface area contributed by atoms with E-state index >= 15 is 0 Å². The minimum Gasteiger partial charge on any atom is -0.490 e. The molecule has 1 aromatic heterocycles. The van der Waals surface area contributed by atoms with Gasteiger partial charge in [-0.05, 0) is 85.4 Å². The second kappa shape index (κ2) is 15.9. The van der Waals surface area contributed by atoms with Gasteiger partial charge in [-0.1, -0.05) is 41.9 Å². The third kappa shape index (κ3) is 9.08. The zero-order valence-electron chi connectivity index (χ0n) is 26.8. The average Bonchev–Trinajstić information content (AvgIpc) is 4.03. The smallest absolute Gasteiger partial charge is 0.222 e. The van der Waals surface area contributed by atoms with Gasteiger partial charge in [0.2, 0.25) is 5.91 Å². The van der Waals surface area contributed by atoms with E-state index in [4.69, 9.17) is 21.4 Å². The molecule has 2 saturated carbocycles. The van der Waals surface area contributed by atoms with Crippen LogP contribution in [-0.2, 0) is 23.3 Å². The molecule has 0 saturated heterocycles. The number of halogens is 1. The van der Waals surface area contributed by atoms with Gasteiger partial charge in [0.25, 0.3) is 0 Å². The number of aryl methyl sites for hydroxylation is 1. The number of hydrogen-bond donors (Lipinski definition) is 6. The van der Waals surface area contributed by atoms with Crippen molar-refractivity contribution in [1.29, 1.82) is 0 Å². The van der Waals surface area contributed by atoms with Crippen LogP contribution in [0.2, 0.25) is 5.02 Å². The number of hydrogen-bond acceptors (Lipinski definition) is 9. The first kappa shape index (κ1) is 35.2. The first-order valence-corrected chi connectivity index (χ1v) is 16.8. The summed E-state index contributed by atoms with van der Waals surface area (Å²) in [5.41, 5.74) is 5.32. The first-order chi connectivity index (χ1) is 22.6. The summed E-state index contributed by atoms with van der Waals surface area (Å²) in [6.45, 7) is -0.376. The number of aliphatic hydroxyl groups is 5. The number of amides is 1. The number of carbonyl (C=O) groups is 1. The lowest BCUT2D eigenvalue weighted by Crippen LogP contribution is -2.49. The summed E-state index contributed by atoms with van der Waals surface area (Å²) in [5, 5.41) is 52.9. The van der Waals surface area contributed by atoms with Crippen LogP contribution >= 0.6 is 11.6 Å². The van der Waals surface area contributed by atoms with E-state index in [-0.39, 0.29) is 24.4 Å². The van der Waals surface area contributed by atoms with Crippen molar-refractivity contribution in [2.45, 2.75) is 94.0 Å². The fourth-order valence-corrected chi connectivity index (χ4v) is 6.05. The lowest BCUT2D eigenvalue weighted by Gasteiger charge is -2.28. The summed E-state index contributed by atoms with van der Waals surface area (Å²) in [5.74, 6) is 0.703. The molecular formula is C36H46ClN3O7. The Bertz CT molecular complexity index is 1500.